The fourth-order valence-corrected chi connectivity index (χ4v) is 2.61. The first-order chi connectivity index (χ1) is 9.78. The molecule has 0 amide bonds. The minimum Gasteiger partial charge on any atom is -0.361 e. The van der Waals surface area contributed by atoms with Crippen LogP contribution in [0.5, 0.6) is 0 Å². The molecule has 0 atom stereocenters. The third-order valence-corrected chi connectivity index (χ3v) is 4.82. The third-order valence-electron chi connectivity index (χ3n) is 3.11. The quantitative estimate of drug-likeness (QED) is 0.355. The number of nitrogens with zero attached hydrogens (tertiary/aromatic N) is 3. The van der Waals surface area contributed by atoms with Crippen LogP contribution < -0.4 is 0 Å². The lowest BCUT2D eigenvalue weighted by Crippen LogP contribution is -2.21. The highest BCUT2D eigenvalue weighted by molar-refractivity contribution is 6.76. The van der Waals surface area contributed by atoms with Crippen molar-refractivity contribution in [3.63, 3.8) is 0 Å². The highest BCUT2D eigenvalue weighted by Crippen LogP contribution is 2.24. The van der Waals surface area contributed by atoms with Gasteiger partial charge >= 0.3 is 5.69 Å². The van der Waals surface area contributed by atoms with Crippen molar-refractivity contribution in [1.29, 1.82) is 0 Å². The van der Waals surface area contributed by atoms with Gasteiger partial charge in [0, 0.05) is 26.8 Å². The van der Waals surface area contributed by atoms with Gasteiger partial charge in [-0.05, 0) is 6.04 Å². The summed E-state index contributed by atoms with van der Waals surface area (Å²) < 4.78 is 20.9. The molecule has 8 heteroatoms. The number of halogens is 1. The lowest BCUT2D eigenvalue weighted by Gasteiger charge is -2.15. The van der Waals surface area contributed by atoms with Gasteiger partial charge in [-0.25, -0.2) is 4.98 Å². The summed E-state index contributed by atoms with van der Waals surface area (Å²) >= 11 is 0. The molecule has 21 heavy (non-hydrogen) atoms. The van der Waals surface area contributed by atoms with Gasteiger partial charge in [-0.15, -0.1) is 0 Å². The van der Waals surface area contributed by atoms with Gasteiger partial charge in [-0.2, -0.15) is 4.39 Å². The molecule has 6 nitrogen and oxygen atoms in total. The highest BCUT2D eigenvalue weighted by Gasteiger charge is 2.17. The van der Waals surface area contributed by atoms with Crippen molar-refractivity contribution >= 4 is 24.8 Å². The highest BCUT2D eigenvalue weighted by atomic mass is 28.3. The number of nitro groups is 1. The maximum atomic E-state index is 13.7. The Bertz CT molecular complexity index is 666. The predicted octanol–water partition coefficient (Wildman–Crippen LogP) is 3.40. The van der Waals surface area contributed by atoms with Crippen LogP contribution in [-0.2, 0) is 11.5 Å². The molecular formula is C13H18FN3O3Si. The number of hydrogen-bond acceptors (Lipinski definition) is 4. The van der Waals surface area contributed by atoms with Gasteiger partial charge in [0.1, 0.15) is 6.73 Å². The van der Waals surface area contributed by atoms with E-state index < -0.39 is 24.5 Å². The van der Waals surface area contributed by atoms with E-state index in [1.54, 1.807) is 4.57 Å². The van der Waals surface area contributed by atoms with Crippen molar-refractivity contribution in [2.75, 3.05) is 6.61 Å². The van der Waals surface area contributed by atoms with Gasteiger partial charge in [0.05, 0.1) is 22.3 Å². The van der Waals surface area contributed by atoms with Crippen LogP contribution in [0.15, 0.2) is 18.5 Å². The molecule has 0 N–H and O–H groups in total. The van der Waals surface area contributed by atoms with Crippen molar-refractivity contribution in [3.05, 3.63) is 34.4 Å². The largest absolute Gasteiger partial charge is 0.361 e. The smallest absolute Gasteiger partial charge is 0.307 e. The summed E-state index contributed by atoms with van der Waals surface area (Å²) in [7, 11) is -1.15. The summed E-state index contributed by atoms with van der Waals surface area (Å²) in [5.74, 6) is -0.864. The average Bonchev–Trinajstić information content (AvgIpc) is 2.74. The summed E-state index contributed by atoms with van der Waals surface area (Å²) in [5, 5.41) is 10.7. The zero-order valence-corrected chi connectivity index (χ0v) is 13.3. The normalized spacial score (nSPS) is 12.0. The van der Waals surface area contributed by atoms with E-state index in [1.807, 2.05) is 0 Å². The molecule has 1 aromatic carbocycles. The van der Waals surface area contributed by atoms with Crippen molar-refractivity contribution < 1.29 is 14.1 Å². The number of rotatable bonds is 6. The number of aromatic nitrogens is 2. The van der Waals surface area contributed by atoms with E-state index in [4.69, 9.17) is 4.74 Å². The summed E-state index contributed by atoms with van der Waals surface area (Å²) in [5.41, 5.74) is 0.315. The van der Waals surface area contributed by atoms with E-state index in [2.05, 4.69) is 24.6 Å². The number of imidazole rings is 1. The Hall–Kier alpha value is -1.80. The Morgan fingerprint density at radius 1 is 1.43 bits per heavy atom. The Balaban J connectivity index is 2.11. The molecule has 1 heterocycles. The Morgan fingerprint density at radius 3 is 2.76 bits per heavy atom. The molecule has 0 radical (unpaired) electrons. The van der Waals surface area contributed by atoms with E-state index in [9.17, 15) is 14.5 Å². The van der Waals surface area contributed by atoms with Crippen molar-refractivity contribution in [2.24, 2.45) is 0 Å². The maximum Gasteiger partial charge on any atom is 0.307 e. The molecule has 2 aromatic rings. The lowest BCUT2D eigenvalue weighted by molar-refractivity contribution is -0.387. The van der Waals surface area contributed by atoms with Crippen LogP contribution in [0.25, 0.3) is 11.0 Å². The average molecular weight is 311 g/mol. The number of fused-ring (bicyclic) bond motifs is 1. The standard InChI is InChI=1S/C13H18FN3O3Si/c1-21(2,3)5-4-20-9-16-8-15-11-7-12(17(18)19)10(14)6-13(11)16/h6-8H,4-5,9H2,1-3H3. The molecule has 0 saturated heterocycles. The van der Waals surface area contributed by atoms with Crippen LogP contribution in [0.3, 0.4) is 0 Å². The summed E-state index contributed by atoms with van der Waals surface area (Å²) in [6.07, 6.45) is 1.50. The van der Waals surface area contributed by atoms with Crippen molar-refractivity contribution in [2.45, 2.75) is 32.4 Å². The van der Waals surface area contributed by atoms with Gasteiger partial charge in [0.2, 0.25) is 5.82 Å². The first kappa shape index (κ1) is 15.6. The first-order valence-electron chi connectivity index (χ1n) is 6.64. The molecule has 0 saturated carbocycles. The predicted molar refractivity (Wildman–Crippen MR) is 80.5 cm³/mol. The molecule has 0 fully saturated rings. The van der Waals surface area contributed by atoms with Crippen LogP contribution >= 0.6 is 0 Å². The summed E-state index contributed by atoms with van der Waals surface area (Å²) in [6, 6.07) is 3.31. The summed E-state index contributed by atoms with van der Waals surface area (Å²) in [6.45, 7) is 7.69. The number of benzene rings is 1. The molecule has 1 aromatic heterocycles. The van der Waals surface area contributed by atoms with E-state index in [0.717, 1.165) is 18.2 Å². The molecule has 2 rings (SSSR count). The van der Waals surface area contributed by atoms with Crippen LogP contribution in [0.1, 0.15) is 0 Å². The molecule has 0 aliphatic rings. The van der Waals surface area contributed by atoms with E-state index >= 15 is 0 Å². The Labute approximate surface area is 122 Å². The molecule has 0 aliphatic heterocycles. The van der Waals surface area contributed by atoms with Gasteiger partial charge in [0.15, 0.2) is 0 Å². The molecular weight excluding hydrogens is 293 g/mol. The van der Waals surface area contributed by atoms with Crippen LogP contribution in [0.2, 0.25) is 25.7 Å². The van der Waals surface area contributed by atoms with Crippen molar-refractivity contribution in [3.8, 4) is 0 Å². The van der Waals surface area contributed by atoms with E-state index in [1.165, 1.54) is 6.33 Å². The SMILES string of the molecule is C[Si](C)(C)CCOCn1cnc2cc([N+](=O)[O-])c(F)cc21. The van der Waals surface area contributed by atoms with Gasteiger partial charge in [0.25, 0.3) is 0 Å². The van der Waals surface area contributed by atoms with Crippen LogP contribution in [0, 0.1) is 15.9 Å². The number of hydrogen-bond donors (Lipinski definition) is 0. The number of nitro benzene ring substituents is 1. The topological polar surface area (TPSA) is 70.2 Å². The monoisotopic (exact) mass is 311 g/mol. The Morgan fingerprint density at radius 2 is 2.14 bits per heavy atom. The fourth-order valence-electron chi connectivity index (χ4n) is 1.85. The molecule has 0 aliphatic carbocycles. The van der Waals surface area contributed by atoms with E-state index in [-0.39, 0.29) is 6.73 Å². The second kappa shape index (κ2) is 5.90. The minimum atomic E-state index is -1.15. The third kappa shape index (κ3) is 3.85. The second-order valence-corrected chi connectivity index (χ2v) is 11.7. The van der Waals surface area contributed by atoms with E-state index in [0.29, 0.717) is 17.6 Å². The minimum absolute atomic E-state index is 0.262. The fraction of sp³-hybridized carbons (Fsp3) is 0.462. The number of ether oxygens (including phenoxy) is 1. The lowest BCUT2D eigenvalue weighted by atomic mass is 10.2. The first-order valence-corrected chi connectivity index (χ1v) is 10.4. The van der Waals surface area contributed by atoms with Gasteiger partial charge in [-0.1, -0.05) is 19.6 Å². The van der Waals surface area contributed by atoms with Crippen LogP contribution in [-0.4, -0.2) is 29.2 Å². The molecule has 0 bridgehead atoms. The maximum absolute atomic E-state index is 13.7. The van der Waals surface area contributed by atoms with Crippen molar-refractivity contribution in [1.82, 2.24) is 9.55 Å². The van der Waals surface area contributed by atoms with Crippen LogP contribution in [0.4, 0.5) is 10.1 Å². The zero-order valence-electron chi connectivity index (χ0n) is 12.3. The van der Waals surface area contributed by atoms with Gasteiger partial charge < -0.3 is 9.30 Å². The zero-order chi connectivity index (χ0) is 15.6. The molecule has 114 valence electrons. The second-order valence-electron chi connectivity index (χ2n) is 6.11. The van der Waals surface area contributed by atoms with Gasteiger partial charge in [-0.3, -0.25) is 10.1 Å². The molecule has 0 spiro atoms. The summed E-state index contributed by atoms with van der Waals surface area (Å²) in [4.78, 5) is 14.0. The molecule has 0 unspecified atom stereocenters. The Kier molecular flexibility index (Phi) is 4.38.